The number of carbonyl (C=O) groups is 1. The van der Waals surface area contributed by atoms with E-state index in [9.17, 15) is 9.59 Å². The highest BCUT2D eigenvalue weighted by molar-refractivity contribution is 5.85. The normalized spacial score (nSPS) is 9.06. The van der Waals surface area contributed by atoms with Gasteiger partial charge in [-0.2, -0.15) is 0 Å². The van der Waals surface area contributed by atoms with E-state index in [0.717, 1.165) is 0 Å². The Bertz CT molecular complexity index is 432. The summed E-state index contributed by atoms with van der Waals surface area (Å²) in [5.41, 5.74) is 10.2. The fraction of sp³-hybridized carbons (Fsp3) is 0.250. The Morgan fingerprint density at radius 3 is 2.69 bits per heavy atom. The number of rotatable bonds is 2. The molecule has 0 spiro atoms. The lowest BCUT2D eigenvalue weighted by molar-refractivity contribution is 0.168. The first-order valence-electron chi connectivity index (χ1n) is 4.26. The molecular formula is C8H13ClN4O3. The van der Waals surface area contributed by atoms with Gasteiger partial charge in [-0.25, -0.2) is 4.79 Å². The molecule has 1 amide bonds. The molecule has 0 aliphatic rings. The van der Waals surface area contributed by atoms with Crippen molar-refractivity contribution in [3.8, 4) is 0 Å². The molecule has 1 rings (SSSR count). The molecule has 0 aliphatic carbocycles. The summed E-state index contributed by atoms with van der Waals surface area (Å²) in [6.45, 7) is 1.90. The van der Waals surface area contributed by atoms with Gasteiger partial charge in [0.05, 0.1) is 12.3 Å². The van der Waals surface area contributed by atoms with Crippen LogP contribution < -0.4 is 22.3 Å². The van der Waals surface area contributed by atoms with Crippen LogP contribution in [-0.4, -0.2) is 17.7 Å². The SMILES string of the molecule is CCOC(=O)Nc1cc(N)c(N)c(=O)[nH]1.Cl. The van der Waals surface area contributed by atoms with Gasteiger partial charge in [-0.1, -0.05) is 0 Å². The summed E-state index contributed by atoms with van der Waals surface area (Å²) in [4.78, 5) is 24.5. The molecule has 0 atom stereocenters. The Kier molecular flexibility index (Phi) is 5.17. The monoisotopic (exact) mass is 248 g/mol. The first-order chi connectivity index (χ1) is 7.04. The zero-order valence-electron chi connectivity index (χ0n) is 8.57. The Labute approximate surface area is 97.6 Å². The largest absolute Gasteiger partial charge is 0.450 e. The van der Waals surface area contributed by atoms with Crippen LogP contribution in [-0.2, 0) is 4.74 Å². The number of aromatic amines is 1. The highest BCUT2D eigenvalue weighted by atomic mass is 35.5. The molecule has 16 heavy (non-hydrogen) atoms. The Balaban J connectivity index is 0.00000225. The van der Waals surface area contributed by atoms with E-state index in [1.807, 2.05) is 0 Å². The Hall–Kier alpha value is -1.89. The van der Waals surface area contributed by atoms with Crippen LogP contribution in [0.1, 0.15) is 6.92 Å². The maximum absolute atomic E-state index is 11.1. The van der Waals surface area contributed by atoms with Gasteiger partial charge in [-0.3, -0.25) is 10.1 Å². The summed E-state index contributed by atoms with van der Waals surface area (Å²) in [6, 6.07) is 1.34. The lowest BCUT2D eigenvalue weighted by Crippen LogP contribution is -2.20. The van der Waals surface area contributed by atoms with Crippen LogP contribution in [0.2, 0.25) is 0 Å². The smallest absolute Gasteiger partial charge is 0.412 e. The van der Waals surface area contributed by atoms with E-state index in [4.69, 9.17) is 11.5 Å². The van der Waals surface area contributed by atoms with Gasteiger partial charge in [0.15, 0.2) is 0 Å². The van der Waals surface area contributed by atoms with Gasteiger partial charge in [-0.15, -0.1) is 12.4 Å². The van der Waals surface area contributed by atoms with Crippen molar-refractivity contribution in [2.24, 2.45) is 0 Å². The maximum Gasteiger partial charge on any atom is 0.412 e. The van der Waals surface area contributed by atoms with E-state index in [1.54, 1.807) is 6.92 Å². The Morgan fingerprint density at radius 1 is 1.56 bits per heavy atom. The first-order valence-corrected chi connectivity index (χ1v) is 4.26. The quantitative estimate of drug-likeness (QED) is 0.608. The van der Waals surface area contributed by atoms with Crippen molar-refractivity contribution in [2.75, 3.05) is 23.4 Å². The average molecular weight is 249 g/mol. The van der Waals surface area contributed by atoms with Crippen molar-refractivity contribution in [1.29, 1.82) is 0 Å². The van der Waals surface area contributed by atoms with Crippen molar-refractivity contribution >= 4 is 35.7 Å². The molecule has 0 radical (unpaired) electrons. The molecule has 8 heteroatoms. The van der Waals surface area contributed by atoms with E-state index in [-0.39, 0.29) is 36.2 Å². The van der Waals surface area contributed by atoms with Crippen molar-refractivity contribution < 1.29 is 9.53 Å². The van der Waals surface area contributed by atoms with E-state index < -0.39 is 11.7 Å². The highest BCUT2D eigenvalue weighted by Gasteiger charge is 2.06. The van der Waals surface area contributed by atoms with Crippen molar-refractivity contribution in [3.63, 3.8) is 0 Å². The molecule has 0 aromatic carbocycles. The molecule has 1 heterocycles. The second-order valence-corrected chi connectivity index (χ2v) is 2.73. The third-order valence-corrected chi connectivity index (χ3v) is 1.62. The van der Waals surface area contributed by atoms with Gasteiger partial charge in [0, 0.05) is 6.07 Å². The van der Waals surface area contributed by atoms with Gasteiger partial charge >= 0.3 is 6.09 Å². The minimum Gasteiger partial charge on any atom is -0.450 e. The second kappa shape index (κ2) is 5.86. The van der Waals surface area contributed by atoms with E-state index in [2.05, 4.69) is 15.0 Å². The number of anilines is 3. The molecule has 7 nitrogen and oxygen atoms in total. The van der Waals surface area contributed by atoms with Gasteiger partial charge in [0.2, 0.25) is 0 Å². The summed E-state index contributed by atoms with van der Waals surface area (Å²) in [5, 5.41) is 2.30. The predicted octanol–water partition coefficient (Wildman–Crippen LogP) is 0.529. The van der Waals surface area contributed by atoms with E-state index in [0.29, 0.717) is 0 Å². The number of aromatic nitrogens is 1. The third kappa shape index (κ3) is 3.35. The van der Waals surface area contributed by atoms with Crippen LogP contribution in [0.25, 0.3) is 0 Å². The molecule has 1 aromatic rings. The molecule has 0 aliphatic heterocycles. The van der Waals surface area contributed by atoms with Crippen LogP contribution >= 0.6 is 12.4 Å². The summed E-state index contributed by atoms with van der Waals surface area (Å²) >= 11 is 0. The van der Waals surface area contributed by atoms with Crippen molar-refractivity contribution in [2.45, 2.75) is 6.92 Å². The number of hydrogen-bond acceptors (Lipinski definition) is 5. The van der Waals surface area contributed by atoms with Gasteiger partial charge in [0.1, 0.15) is 11.5 Å². The predicted molar refractivity (Wildman–Crippen MR) is 63.8 cm³/mol. The third-order valence-electron chi connectivity index (χ3n) is 1.62. The van der Waals surface area contributed by atoms with Crippen molar-refractivity contribution in [1.82, 2.24) is 4.98 Å². The van der Waals surface area contributed by atoms with E-state index >= 15 is 0 Å². The van der Waals surface area contributed by atoms with Crippen LogP contribution in [0.3, 0.4) is 0 Å². The zero-order valence-corrected chi connectivity index (χ0v) is 9.39. The molecular weight excluding hydrogens is 236 g/mol. The molecule has 0 saturated heterocycles. The molecule has 1 aromatic heterocycles. The van der Waals surface area contributed by atoms with Crippen LogP contribution in [0, 0.1) is 0 Å². The fourth-order valence-corrected chi connectivity index (χ4v) is 0.935. The molecule has 0 unspecified atom stereocenters. The average Bonchev–Trinajstić information content (AvgIpc) is 2.14. The van der Waals surface area contributed by atoms with E-state index in [1.165, 1.54) is 6.07 Å². The van der Waals surface area contributed by atoms with Gasteiger partial charge < -0.3 is 21.2 Å². The zero-order chi connectivity index (χ0) is 11.4. The van der Waals surface area contributed by atoms with Crippen LogP contribution in [0.5, 0.6) is 0 Å². The minimum atomic E-state index is -0.669. The topological polar surface area (TPSA) is 123 Å². The Morgan fingerprint density at radius 2 is 2.19 bits per heavy atom. The highest BCUT2D eigenvalue weighted by Crippen LogP contribution is 2.12. The number of hydrogen-bond donors (Lipinski definition) is 4. The molecule has 90 valence electrons. The number of nitrogens with one attached hydrogen (secondary N) is 2. The lowest BCUT2D eigenvalue weighted by Gasteiger charge is -2.06. The molecule has 0 fully saturated rings. The number of ether oxygens (including phenoxy) is 1. The number of nitrogens with two attached hydrogens (primary N) is 2. The van der Waals surface area contributed by atoms with Crippen LogP contribution in [0.4, 0.5) is 22.0 Å². The summed E-state index contributed by atoms with van der Waals surface area (Å²) in [6.07, 6.45) is -0.669. The van der Waals surface area contributed by atoms with Crippen molar-refractivity contribution in [3.05, 3.63) is 16.4 Å². The number of halogens is 1. The molecule has 6 N–H and O–H groups in total. The number of nitrogen functional groups attached to an aromatic ring is 2. The van der Waals surface area contributed by atoms with Gasteiger partial charge in [0.25, 0.3) is 5.56 Å². The maximum atomic E-state index is 11.1. The number of H-pyrrole nitrogens is 1. The number of carbonyl (C=O) groups excluding carboxylic acids is 1. The minimum absolute atomic E-state index is 0. The lowest BCUT2D eigenvalue weighted by atomic mass is 10.3. The molecule has 0 saturated carbocycles. The van der Waals surface area contributed by atoms with Crippen LogP contribution in [0.15, 0.2) is 10.9 Å². The standard InChI is InChI=1S/C8H12N4O3.ClH/c1-2-15-8(14)12-5-3-4(9)6(10)7(13)11-5;/h3H,2,10H2,1H3,(H4,9,11,12,13,14);1H. The summed E-state index contributed by atoms with van der Waals surface area (Å²) in [7, 11) is 0. The first kappa shape index (κ1) is 14.1. The number of amides is 1. The number of pyridine rings is 1. The van der Waals surface area contributed by atoms with Gasteiger partial charge in [-0.05, 0) is 6.92 Å². The second-order valence-electron chi connectivity index (χ2n) is 2.73. The summed E-state index contributed by atoms with van der Waals surface area (Å²) < 4.78 is 4.61. The molecule has 0 bridgehead atoms. The summed E-state index contributed by atoms with van der Waals surface area (Å²) in [5.74, 6) is 0.144. The fourth-order valence-electron chi connectivity index (χ4n) is 0.935.